The molecule has 0 fully saturated rings. The van der Waals surface area contributed by atoms with Crippen LogP contribution in [0.2, 0.25) is 5.02 Å². The fourth-order valence-electron chi connectivity index (χ4n) is 2.35. The molecular formula is C20H19ClN2O2S. The zero-order valence-corrected chi connectivity index (χ0v) is 16.1. The van der Waals surface area contributed by atoms with Crippen LogP contribution < -0.4 is 5.32 Å². The molecule has 1 heterocycles. The van der Waals surface area contributed by atoms with Gasteiger partial charge in [-0.3, -0.25) is 4.79 Å². The third-order valence-electron chi connectivity index (χ3n) is 3.80. The van der Waals surface area contributed by atoms with Crippen LogP contribution in [0.3, 0.4) is 0 Å². The minimum Gasteiger partial charge on any atom is -0.431 e. The quantitative estimate of drug-likeness (QED) is 0.540. The van der Waals surface area contributed by atoms with Crippen molar-refractivity contribution in [1.29, 1.82) is 0 Å². The summed E-state index contributed by atoms with van der Waals surface area (Å²) in [5, 5.41) is 4.01. The van der Waals surface area contributed by atoms with Crippen molar-refractivity contribution in [3.05, 3.63) is 65.3 Å². The Hall–Kier alpha value is -2.24. The molecule has 0 radical (unpaired) electrons. The Morgan fingerprint density at radius 3 is 2.50 bits per heavy atom. The first-order valence-electron chi connectivity index (χ1n) is 8.25. The van der Waals surface area contributed by atoms with Gasteiger partial charge in [-0.1, -0.05) is 49.3 Å². The topological polar surface area (TPSA) is 55.1 Å². The molecule has 134 valence electrons. The monoisotopic (exact) mass is 386 g/mol. The number of nitrogens with one attached hydrogen (secondary N) is 1. The number of halogens is 1. The molecule has 1 N–H and O–H groups in total. The summed E-state index contributed by atoms with van der Waals surface area (Å²) in [6.45, 7) is 4.28. The van der Waals surface area contributed by atoms with E-state index in [0.717, 1.165) is 11.3 Å². The lowest BCUT2D eigenvalue weighted by molar-refractivity contribution is -0.113. The Balaban J connectivity index is 1.54. The third-order valence-corrected chi connectivity index (χ3v) is 4.90. The van der Waals surface area contributed by atoms with Crippen molar-refractivity contribution >= 4 is 35.0 Å². The van der Waals surface area contributed by atoms with Crippen LogP contribution in [0.25, 0.3) is 11.3 Å². The van der Waals surface area contributed by atoms with E-state index < -0.39 is 0 Å². The van der Waals surface area contributed by atoms with Crippen LogP contribution in [0.5, 0.6) is 0 Å². The fourth-order valence-corrected chi connectivity index (χ4v) is 3.08. The Morgan fingerprint density at radius 1 is 1.15 bits per heavy atom. The highest BCUT2D eigenvalue weighted by molar-refractivity contribution is 7.99. The molecule has 0 saturated heterocycles. The van der Waals surface area contributed by atoms with Gasteiger partial charge in [0.15, 0.2) is 5.76 Å². The van der Waals surface area contributed by atoms with Crippen molar-refractivity contribution in [2.45, 2.75) is 25.0 Å². The smallest absolute Gasteiger partial charge is 0.256 e. The van der Waals surface area contributed by atoms with Gasteiger partial charge in [0, 0.05) is 16.3 Å². The van der Waals surface area contributed by atoms with E-state index in [9.17, 15) is 4.79 Å². The normalized spacial score (nSPS) is 10.9. The van der Waals surface area contributed by atoms with Crippen LogP contribution in [0.15, 0.2) is 64.4 Å². The first-order valence-corrected chi connectivity index (χ1v) is 9.62. The van der Waals surface area contributed by atoms with Gasteiger partial charge in [0.25, 0.3) is 5.22 Å². The van der Waals surface area contributed by atoms with Crippen LogP contribution in [-0.2, 0) is 4.79 Å². The number of anilines is 1. The lowest BCUT2D eigenvalue weighted by Crippen LogP contribution is -2.13. The van der Waals surface area contributed by atoms with E-state index in [1.807, 2.05) is 36.4 Å². The molecule has 4 nitrogen and oxygen atoms in total. The first-order chi connectivity index (χ1) is 12.5. The van der Waals surface area contributed by atoms with Crippen LogP contribution in [0.4, 0.5) is 5.69 Å². The fraction of sp³-hybridized carbons (Fsp3) is 0.200. The Labute approximate surface area is 162 Å². The molecule has 0 unspecified atom stereocenters. The van der Waals surface area contributed by atoms with Crippen molar-refractivity contribution in [2.24, 2.45) is 0 Å². The van der Waals surface area contributed by atoms with Crippen molar-refractivity contribution in [2.75, 3.05) is 11.1 Å². The van der Waals surface area contributed by atoms with Gasteiger partial charge < -0.3 is 9.73 Å². The van der Waals surface area contributed by atoms with Crippen molar-refractivity contribution in [1.82, 2.24) is 4.98 Å². The first kappa shape index (κ1) is 18.5. The van der Waals surface area contributed by atoms with E-state index in [1.165, 1.54) is 17.3 Å². The molecule has 3 aromatic rings. The van der Waals surface area contributed by atoms with Crippen molar-refractivity contribution < 1.29 is 9.21 Å². The van der Waals surface area contributed by atoms with Gasteiger partial charge >= 0.3 is 0 Å². The number of thioether (sulfide) groups is 1. The molecular weight excluding hydrogens is 368 g/mol. The maximum absolute atomic E-state index is 12.1. The summed E-state index contributed by atoms with van der Waals surface area (Å²) in [6, 6.07) is 15.2. The van der Waals surface area contributed by atoms with Gasteiger partial charge in [-0.2, -0.15) is 0 Å². The second kappa shape index (κ2) is 8.43. The highest BCUT2D eigenvalue weighted by atomic mass is 35.5. The molecule has 6 heteroatoms. The zero-order chi connectivity index (χ0) is 18.5. The van der Waals surface area contributed by atoms with Crippen LogP contribution >= 0.6 is 23.4 Å². The lowest BCUT2D eigenvalue weighted by Gasteiger charge is -2.08. The highest BCUT2D eigenvalue weighted by Crippen LogP contribution is 2.26. The van der Waals surface area contributed by atoms with Gasteiger partial charge in [0.1, 0.15) is 0 Å². The molecule has 2 aromatic carbocycles. The average Bonchev–Trinajstić information content (AvgIpc) is 3.10. The largest absolute Gasteiger partial charge is 0.431 e. The number of amides is 1. The predicted octanol–water partition coefficient (Wildman–Crippen LogP) is 5.85. The van der Waals surface area contributed by atoms with E-state index >= 15 is 0 Å². The van der Waals surface area contributed by atoms with Gasteiger partial charge in [-0.15, -0.1) is 0 Å². The number of benzene rings is 2. The average molecular weight is 387 g/mol. The van der Waals surface area contributed by atoms with E-state index in [2.05, 4.69) is 24.1 Å². The Kier molecular flexibility index (Phi) is 6.01. The molecule has 0 aliphatic rings. The van der Waals surface area contributed by atoms with Crippen molar-refractivity contribution in [3.63, 3.8) is 0 Å². The summed E-state index contributed by atoms with van der Waals surface area (Å²) < 4.78 is 5.68. The summed E-state index contributed by atoms with van der Waals surface area (Å²) >= 11 is 7.14. The second-order valence-electron chi connectivity index (χ2n) is 6.11. The summed E-state index contributed by atoms with van der Waals surface area (Å²) in [6.07, 6.45) is 1.65. The van der Waals surface area contributed by atoms with E-state index in [0.29, 0.717) is 21.9 Å². The molecule has 3 rings (SSSR count). The standard InChI is InChI=1S/C20H19ClN2O2S/c1-13(2)14-5-9-17(10-6-14)23-19(24)12-26-20-22-11-18(25-20)15-3-7-16(21)8-4-15/h3-11,13H,12H2,1-2H3,(H,23,24). The molecule has 0 spiro atoms. The van der Waals surface area contributed by atoms with E-state index in [-0.39, 0.29) is 11.7 Å². The SMILES string of the molecule is CC(C)c1ccc(NC(=O)CSc2ncc(-c3ccc(Cl)cc3)o2)cc1. The summed E-state index contributed by atoms with van der Waals surface area (Å²) in [5.74, 6) is 1.24. The van der Waals surface area contributed by atoms with E-state index in [4.69, 9.17) is 16.0 Å². The number of hydrogen-bond donors (Lipinski definition) is 1. The predicted molar refractivity (Wildman–Crippen MR) is 107 cm³/mol. The minimum absolute atomic E-state index is 0.0986. The van der Waals surface area contributed by atoms with Gasteiger partial charge in [0.05, 0.1) is 11.9 Å². The number of oxazole rings is 1. The number of hydrogen-bond acceptors (Lipinski definition) is 4. The lowest BCUT2D eigenvalue weighted by atomic mass is 10.0. The Morgan fingerprint density at radius 2 is 1.85 bits per heavy atom. The van der Waals surface area contributed by atoms with Crippen LogP contribution in [0, 0.1) is 0 Å². The third kappa shape index (κ3) is 4.90. The molecule has 0 bridgehead atoms. The molecule has 1 amide bonds. The number of aromatic nitrogens is 1. The number of rotatable bonds is 6. The number of nitrogens with zero attached hydrogens (tertiary/aromatic N) is 1. The molecule has 0 aliphatic carbocycles. The second-order valence-corrected chi connectivity index (χ2v) is 7.47. The van der Waals surface area contributed by atoms with Gasteiger partial charge in [-0.25, -0.2) is 4.98 Å². The molecule has 0 saturated carbocycles. The van der Waals surface area contributed by atoms with Gasteiger partial charge in [0.2, 0.25) is 5.91 Å². The molecule has 0 aliphatic heterocycles. The maximum Gasteiger partial charge on any atom is 0.256 e. The molecule has 1 aromatic heterocycles. The van der Waals surface area contributed by atoms with E-state index in [1.54, 1.807) is 18.3 Å². The maximum atomic E-state index is 12.1. The zero-order valence-electron chi connectivity index (χ0n) is 14.5. The summed E-state index contributed by atoms with van der Waals surface area (Å²) in [4.78, 5) is 16.3. The van der Waals surface area contributed by atoms with Crippen molar-refractivity contribution in [3.8, 4) is 11.3 Å². The molecule has 0 atom stereocenters. The molecule has 26 heavy (non-hydrogen) atoms. The minimum atomic E-state index is -0.0986. The van der Waals surface area contributed by atoms with Gasteiger partial charge in [-0.05, 0) is 47.9 Å². The van der Waals surface area contributed by atoms with Crippen LogP contribution in [-0.4, -0.2) is 16.6 Å². The van der Waals surface area contributed by atoms with Crippen LogP contribution in [0.1, 0.15) is 25.3 Å². The Bertz CT molecular complexity index is 874. The summed E-state index contributed by atoms with van der Waals surface area (Å²) in [5.41, 5.74) is 2.92. The highest BCUT2D eigenvalue weighted by Gasteiger charge is 2.10. The number of carbonyl (C=O) groups is 1. The summed E-state index contributed by atoms with van der Waals surface area (Å²) in [7, 11) is 0. The number of carbonyl (C=O) groups excluding carboxylic acids is 1.